The average Bonchev–Trinajstić information content (AvgIpc) is 3.00. The first-order valence-electron chi connectivity index (χ1n) is 7.05. The van der Waals surface area contributed by atoms with E-state index >= 15 is 0 Å². The highest BCUT2D eigenvalue weighted by atomic mass is 35.5. The van der Waals surface area contributed by atoms with Gasteiger partial charge in [-0.3, -0.25) is 4.79 Å². The van der Waals surface area contributed by atoms with Gasteiger partial charge in [0, 0.05) is 45.0 Å². The lowest BCUT2D eigenvalue weighted by Crippen LogP contribution is -2.38. The molecule has 1 saturated heterocycles. The summed E-state index contributed by atoms with van der Waals surface area (Å²) in [5.74, 6) is -0.0235. The van der Waals surface area contributed by atoms with Crippen molar-refractivity contribution in [2.45, 2.75) is 12.5 Å². The van der Waals surface area contributed by atoms with Crippen molar-refractivity contribution < 1.29 is 9.59 Å². The van der Waals surface area contributed by atoms with Crippen molar-refractivity contribution in [2.75, 3.05) is 39.5 Å². The van der Waals surface area contributed by atoms with E-state index in [2.05, 4.69) is 10.6 Å². The lowest BCUT2D eigenvalue weighted by Gasteiger charge is -2.24. The molecule has 1 unspecified atom stereocenters. The SMILES string of the molecule is CN(C)C(=O)Nc1cccc(C(=O)N(C)C2CCNC2)c1.Cl. The number of likely N-dealkylation sites (N-methyl/N-ethyl adjacent to an activating group) is 1. The van der Waals surface area contributed by atoms with E-state index in [0.29, 0.717) is 11.3 Å². The maximum Gasteiger partial charge on any atom is 0.321 e. The molecule has 1 aromatic rings. The van der Waals surface area contributed by atoms with Gasteiger partial charge >= 0.3 is 6.03 Å². The predicted molar refractivity (Wildman–Crippen MR) is 89.8 cm³/mol. The van der Waals surface area contributed by atoms with Gasteiger partial charge in [0.15, 0.2) is 0 Å². The van der Waals surface area contributed by atoms with E-state index in [4.69, 9.17) is 0 Å². The molecule has 122 valence electrons. The van der Waals surface area contributed by atoms with Gasteiger partial charge in [0.2, 0.25) is 0 Å². The molecule has 1 atom stereocenters. The van der Waals surface area contributed by atoms with Gasteiger partial charge in [0.05, 0.1) is 0 Å². The third-order valence-electron chi connectivity index (χ3n) is 3.67. The molecule has 1 fully saturated rings. The first-order chi connectivity index (χ1) is 9.99. The number of halogens is 1. The van der Waals surface area contributed by atoms with Crippen molar-refractivity contribution in [1.29, 1.82) is 0 Å². The van der Waals surface area contributed by atoms with Crippen molar-refractivity contribution in [3.05, 3.63) is 29.8 Å². The Morgan fingerprint density at radius 1 is 1.27 bits per heavy atom. The summed E-state index contributed by atoms with van der Waals surface area (Å²) in [6.07, 6.45) is 0.972. The lowest BCUT2D eigenvalue weighted by atomic mass is 10.1. The Kier molecular flexibility index (Phi) is 6.64. The smallest absolute Gasteiger partial charge is 0.321 e. The Bertz CT molecular complexity index is 530. The van der Waals surface area contributed by atoms with Crippen LogP contribution in [0.4, 0.5) is 10.5 Å². The van der Waals surface area contributed by atoms with Gasteiger partial charge in [-0.1, -0.05) is 6.07 Å². The number of anilines is 1. The number of carbonyl (C=O) groups excluding carboxylic acids is 2. The van der Waals surface area contributed by atoms with E-state index in [1.165, 1.54) is 4.90 Å². The molecule has 7 heteroatoms. The summed E-state index contributed by atoms with van der Waals surface area (Å²) in [6.45, 7) is 1.78. The van der Waals surface area contributed by atoms with E-state index in [1.807, 2.05) is 7.05 Å². The highest BCUT2D eigenvalue weighted by molar-refractivity contribution is 5.96. The largest absolute Gasteiger partial charge is 0.337 e. The second-order valence-corrected chi connectivity index (χ2v) is 5.47. The molecule has 6 nitrogen and oxygen atoms in total. The summed E-state index contributed by atoms with van der Waals surface area (Å²) in [4.78, 5) is 27.3. The number of amides is 3. The fourth-order valence-electron chi connectivity index (χ4n) is 2.30. The van der Waals surface area contributed by atoms with Crippen molar-refractivity contribution in [3.8, 4) is 0 Å². The molecular formula is C15H23ClN4O2. The zero-order valence-corrected chi connectivity index (χ0v) is 13.9. The van der Waals surface area contributed by atoms with Gasteiger partial charge in [-0.2, -0.15) is 0 Å². The Balaban J connectivity index is 0.00000242. The monoisotopic (exact) mass is 326 g/mol. The highest BCUT2D eigenvalue weighted by Gasteiger charge is 2.24. The maximum absolute atomic E-state index is 12.5. The van der Waals surface area contributed by atoms with Crippen molar-refractivity contribution in [3.63, 3.8) is 0 Å². The van der Waals surface area contributed by atoms with E-state index in [1.54, 1.807) is 43.3 Å². The van der Waals surface area contributed by atoms with Gasteiger partial charge in [0.1, 0.15) is 0 Å². The van der Waals surface area contributed by atoms with Crippen molar-refractivity contribution >= 4 is 30.0 Å². The Hall–Kier alpha value is -1.79. The quantitative estimate of drug-likeness (QED) is 0.887. The Morgan fingerprint density at radius 2 is 2.00 bits per heavy atom. The van der Waals surface area contributed by atoms with Crippen molar-refractivity contribution in [1.82, 2.24) is 15.1 Å². The van der Waals surface area contributed by atoms with Crippen LogP contribution in [0.3, 0.4) is 0 Å². The number of urea groups is 1. The fourth-order valence-corrected chi connectivity index (χ4v) is 2.30. The number of hydrogen-bond donors (Lipinski definition) is 2. The third-order valence-corrected chi connectivity index (χ3v) is 3.67. The molecule has 1 aromatic carbocycles. The molecule has 1 aliphatic rings. The summed E-state index contributed by atoms with van der Waals surface area (Å²) in [5, 5.41) is 6.00. The van der Waals surface area contributed by atoms with E-state index < -0.39 is 0 Å². The van der Waals surface area contributed by atoms with Crippen LogP contribution < -0.4 is 10.6 Å². The molecule has 0 saturated carbocycles. The van der Waals surface area contributed by atoms with E-state index in [9.17, 15) is 9.59 Å². The molecule has 0 aliphatic carbocycles. The second-order valence-electron chi connectivity index (χ2n) is 5.47. The summed E-state index contributed by atoms with van der Waals surface area (Å²) in [6, 6.07) is 7.05. The number of carbonyl (C=O) groups is 2. The minimum atomic E-state index is -0.215. The standard InChI is InChI=1S/C15H22N4O2.ClH/c1-18(2)15(21)17-12-6-4-5-11(9-12)14(20)19(3)13-7-8-16-10-13;/h4-6,9,13,16H,7-8,10H2,1-3H3,(H,17,21);1H. The second kappa shape index (κ2) is 8.00. The first kappa shape index (κ1) is 18.3. The van der Waals surface area contributed by atoms with Gasteiger partial charge in [-0.25, -0.2) is 4.79 Å². The van der Waals surface area contributed by atoms with Crippen LogP contribution >= 0.6 is 12.4 Å². The van der Waals surface area contributed by atoms with Crippen LogP contribution in [0.25, 0.3) is 0 Å². The highest BCUT2D eigenvalue weighted by Crippen LogP contribution is 2.15. The number of nitrogens with one attached hydrogen (secondary N) is 2. The summed E-state index contributed by atoms with van der Waals surface area (Å²) < 4.78 is 0. The molecule has 0 radical (unpaired) electrons. The van der Waals surface area contributed by atoms with Gasteiger partial charge < -0.3 is 20.4 Å². The number of rotatable bonds is 3. The van der Waals surface area contributed by atoms with Gasteiger partial charge in [-0.15, -0.1) is 12.4 Å². The molecule has 1 aliphatic heterocycles. The number of benzene rings is 1. The average molecular weight is 327 g/mol. The van der Waals surface area contributed by atoms with Crippen LogP contribution in [0.2, 0.25) is 0 Å². The molecule has 2 rings (SSSR count). The van der Waals surface area contributed by atoms with Crippen LogP contribution in [0.15, 0.2) is 24.3 Å². The van der Waals surface area contributed by atoms with Crippen LogP contribution in [0.1, 0.15) is 16.8 Å². The summed E-state index contributed by atoms with van der Waals surface area (Å²) in [7, 11) is 5.17. The lowest BCUT2D eigenvalue weighted by molar-refractivity contribution is 0.0744. The Morgan fingerprint density at radius 3 is 2.59 bits per heavy atom. The topological polar surface area (TPSA) is 64.7 Å². The van der Waals surface area contributed by atoms with E-state index in [0.717, 1.165) is 19.5 Å². The predicted octanol–water partition coefficient (Wildman–Crippen LogP) is 1.64. The van der Waals surface area contributed by atoms with E-state index in [-0.39, 0.29) is 30.4 Å². The zero-order chi connectivity index (χ0) is 15.4. The first-order valence-corrected chi connectivity index (χ1v) is 7.05. The van der Waals surface area contributed by atoms with Gasteiger partial charge in [0.25, 0.3) is 5.91 Å². The minimum absolute atomic E-state index is 0. The molecule has 3 amide bonds. The minimum Gasteiger partial charge on any atom is -0.337 e. The molecule has 2 N–H and O–H groups in total. The normalized spacial score (nSPS) is 16.6. The molecular weight excluding hydrogens is 304 g/mol. The molecule has 0 bridgehead atoms. The fraction of sp³-hybridized carbons (Fsp3) is 0.467. The third kappa shape index (κ3) is 4.35. The Labute approximate surface area is 137 Å². The molecule has 0 spiro atoms. The molecule has 1 heterocycles. The van der Waals surface area contributed by atoms with Crippen LogP contribution in [0.5, 0.6) is 0 Å². The zero-order valence-electron chi connectivity index (χ0n) is 13.1. The maximum atomic E-state index is 12.5. The number of nitrogens with zero attached hydrogens (tertiary/aromatic N) is 2. The molecule has 0 aromatic heterocycles. The van der Waals surface area contributed by atoms with Crippen molar-refractivity contribution in [2.24, 2.45) is 0 Å². The summed E-state index contributed by atoms with van der Waals surface area (Å²) >= 11 is 0. The van der Waals surface area contributed by atoms with Crippen LogP contribution in [0, 0.1) is 0 Å². The number of hydrogen-bond acceptors (Lipinski definition) is 3. The summed E-state index contributed by atoms with van der Waals surface area (Å²) in [5.41, 5.74) is 1.21. The molecule has 22 heavy (non-hydrogen) atoms. The van der Waals surface area contributed by atoms with Gasteiger partial charge in [-0.05, 0) is 31.2 Å². The van der Waals surface area contributed by atoms with Crippen LogP contribution in [-0.2, 0) is 0 Å². The van der Waals surface area contributed by atoms with Crippen LogP contribution in [-0.4, -0.2) is 62.0 Å².